The van der Waals surface area contributed by atoms with Crippen molar-refractivity contribution in [3.05, 3.63) is 53.1 Å². The predicted molar refractivity (Wildman–Crippen MR) is 109 cm³/mol. The molecule has 2 aromatic carbocycles. The lowest BCUT2D eigenvalue weighted by molar-refractivity contribution is 0.122. The van der Waals surface area contributed by atoms with Crippen LogP contribution in [-0.4, -0.2) is 24.8 Å². The van der Waals surface area contributed by atoms with Crippen molar-refractivity contribution < 1.29 is 9.53 Å². The third-order valence-corrected chi connectivity index (χ3v) is 5.80. The third-order valence-electron chi connectivity index (χ3n) is 5.57. The topological polar surface area (TPSA) is 50.4 Å². The quantitative estimate of drug-likeness (QED) is 0.742. The number of benzene rings is 2. The van der Waals surface area contributed by atoms with E-state index in [0.717, 1.165) is 35.2 Å². The summed E-state index contributed by atoms with van der Waals surface area (Å²) in [6.45, 7) is 2.49. The number of anilines is 1. The minimum atomic E-state index is -0.394. The first kappa shape index (κ1) is 18.3. The highest BCUT2D eigenvalue weighted by molar-refractivity contribution is 6.30. The molecule has 2 unspecified atom stereocenters. The molecule has 2 aliphatic rings. The van der Waals surface area contributed by atoms with Crippen molar-refractivity contribution in [3.8, 4) is 11.1 Å². The van der Waals surface area contributed by atoms with Crippen LogP contribution in [0.2, 0.25) is 5.02 Å². The number of rotatable bonds is 4. The zero-order valence-electron chi connectivity index (χ0n) is 15.5. The van der Waals surface area contributed by atoms with Gasteiger partial charge in [0, 0.05) is 22.7 Å². The summed E-state index contributed by atoms with van der Waals surface area (Å²) in [6, 6.07) is 14.8. The number of hydrogen-bond donors (Lipinski definition) is 2. The van der Waals surface area contributed by atoms with Crippen LogP contribution in [0.3, 0.4) is 0 Å². The lowest BCUT2D eigenvalue weighted by Crippen LogP contribution is -2.39. The number of carbonyl (C=O) groups is 1. The third kappa shape index (κ3) is 4.45. The Hall–Kier alpha value is -2.04. The minimum absolute atomic E-state index is 0.394. The van der Waals surface area contributed by atoms with Crippen molar-refractivity contribution in [1.82, 2.24) is 5.32 Å². The number of carbonyl (C=O) groups excluding carboxylic acids is 1. The van der Waals surface area contributed by atoms with Crippen LogP contribution in [0.15, 0.2) is 42.5 Å². The summed E-state index contributed by atoms with van der Waals surface area (Å²) < 4.78 is 5.56. The first-order valence-electron chi connectivity index (χ1n) is 9.63. The van der Waals surface area contributed by atoms with Gasteiger partial charge in [-0.25, -0.2) is 4.79 Å². The maximum absolute atomic E-state index is 12.4. The Morgan fingerprint density at radius 1 is 1.19 bits per heavy atom. The van der Waals surface area contributed by atoms with E-state index in [4.69, 9.17) is 16.3 Å². The summed E-state index contributed by atoms with van der Waals surface area (Å²) in [7, 11) is 0. The second-order valence-electron chi connectivity index (χ2n) is 7.76. The van der Waals surface area contributed by atoms with Gasteiger partial charge < -0.3 is 10.1 Å². The highest BCUT2D eigenvalue weighted by Crippen LogP contribution is 2.32. The SMILES string of the molecule is Cc1ccc(-c2cccc(Cl)c2)c(NC(=O)OCC2CC3CCC(C2)N3)c1. The van der Waals surface area contributed by atoms with Crippen molar-refractivity contribution in [2.75, 3.05) is 11.9 Å². The van der Waals surface area contributed by atoms with E-state index in [-0.39, 0.29) is 0 Å². The lowest BCUT2D eigenvalue weighted by atomic mass is 9.93. The average Bonchev–Trinajstić information content (AvgIpc) is 2.98. The molecule has 2 aromatic rings. The molecule has 27 heavy (non-hydrogen) atoms. The molecule has 142 valence electrons. The zero-order chi connectivity index (χ0) is 18.8. The molecule has 2 N–H and O–H groups in total. The summed E-state index contributed by atoms with van der Waals surface area (Å²) in [5.74, 6) is 0.458. The van der Waals surface area contributed by atoms with Crippen LogP contribution in [0.5, 0.6) is 0 Å². The van der Waals surface area contributed by atoms with Crippen LogP contribution in [-0.2, 0) is 4.74 Å². The molecule has 0 saturated carbocycles. The van der Waals surface area contributed by atoms with Crippen molar-refractivity contribution in [3.63, 3.8) is 0 Å². The minimum Gasteiger partial charge on any atom is -0.449 e. The van der Waals surface area contributed by atoms with E-state index < -0.39 is 6.09 Å². The van der Waals surface area contributed by atoms with Gasteiger partial charge in [0.2, 0.25) is 0 Å². The van der Waals surface area contributed by atoms with Crippen LogP contribution in [0, 0.1) is 12.8 Å². The lowest BCUT2D eigenvalue weighted by Gasteiger charge is -2.28. The Morgan fingerprint density at radius 3 is 2.70 bits per heavy atom. The number of ether oxygens (including phenoxy) is 1. The molecule has 0 aromatic heterocycles. The molecule has 4 nitrogen and oxygen atoms in total. The van der Waals surface area contributed by atoms with Gasteiger partial charge in [-0.05, 0) is 67.9 Å². The van der Waals surface area contributed by atoms with Gasteiger partial charge in [0.25, 0.3) is 0 Å². The molecule has 2 aliphatic heterocycles. The van der Waals surface area contributed by atoms with E-state index in [1.807, 2.05) is 49.4 Å². The maximum atomic E-state index is 12.4. The Morgan fingerprint density at radius 2 is 1.96 bits per heavy atom. The molecule has 5 heteroatoms. The number of nitrogens with one attached hydrogen (secondary N) is 2. The fourth-order valence-electron chi connectivity index (χ4n) is 4.32. The molecule has 0 aliphatic carbocycles. The zero-order valence-corrected chi connectivity index (χ0v) is 16.3. The molecule has 1 amide bonds. The number of hydrogen-bond acceptors (Lipinski definition) is 3. The number of fused-ring (bicyclic) bond motifs is 2. The van der Waals surface area contributed by atoms with Gasteiger partial charge in [-0.15, -0.1) is 0 Å². The molecular formula is C22H25ClN2O2. The van der Waals surface area contributed by atoms with Crippen LogP contribution in [0.25, 0.3) is 11.1 Å². The smallest absolute Gasteiger partial charge is 0.411 e. The first-order chi connectivity index (χ1) is 13.1. The molecule has 0 radical (unpaired) electrons. The van der Waals surface area contributed by atoms with E-state index in [9.17, 15) is 4.79 Å². The van der Waals surface area contributed by atoms with Gasteiger partial charge in [-0.3, -0.25) is 5.32 Å². The van der Waals surface area contributed by atoms with Crippen LogP contribution >= 0.6 is 11.6 Å². The number of halogens is 1. The molecule has 2 bridgehead atoms. The Bertz CT molecular complexity index is 827. The van der Waals surface area contributed by atoms with Crippen molar-refractivity contribution >= 4 is 23.4 Å². The summed E-state index contributed by atoms with van der Waals surface area (Å²) in [6.07, 6.45) is 4.30. The van der Waals surface area contributed by atoms with Gasteiger partial charge in [0.1, 0.15) is 0 Å². The maximum Gasteiger partial charge on any atom is 0.411 e. The molecule has 0 spiro atoms. The van der Waals surface area contributed by atoms with E-state index in [0.29, 0.717) is 29.6 Å². The molecular weight excluding hydrogens is 360 g/mol. The Balaban J connectivity index is 1.42. The molecule has 4 rings (SSSR count). The fraction of sp³-hybridized carbons (Fsp3) is 0.409. The van der Waals surface area contributed by atoms with E-state index in [2.05, 4.69) is 10.6 Å². The van der Waals surface area contributed by atoms with Crippen molar-refractivity contribution in [2.45, 2.75) is 44.7 Å². The number of aryl methyl sites for hydroxylation is 1. The second-order valence-corrected chi connectivity index (χ2v) is 8.19. The molecule has 2 atom stereocenters. The van der Waals surface area contributed by atoms with Crippen molar-refractivity contribution in [1.29, 1.82) is 0 Å². The molecule has 2 saturated heterocycles. The summed E-state index contributed by atoms with van der Waals surface area (Å²) in [5.41, 5.74) is 3.71. The second kappa shape index (κ2) is 7.91. The first-order valence-corrected chi connectivity index (χ1v) is 10.0. The monoisotopic (exact) mass is 384 g/mol. The standard InChI is InChI=1S/C22H25ClN2O2/c1-14-5-8-20(16-3-2-4-17(23)12-16)21(9-14)25-22(26)27-13-15-10-18-6-7-19(11-15)24-18/h2-5,8-9,12,15,18-19,24H,6-7,10-11,13H2,1H3,(H,25,26). The number of amides is 1. The van der Waals surface area contributed by atoms with E-state index in [1.54, 1.807) is 0 Å². The summed E-state index contributed by atoms with van der Waals surface area (Å²) in [5, 5.41) is 7.21. The van der Waals surface area contributed by atoms with Gasteiger partial charge >= 0.3 is 6.09 Å². The highest BCUT2D eigenvalue weighted by atomic mass is 35.5. The molecule has 2 heterocycles. The average molecular weight is 385 g/mol. The van der Waals surface area contributed by atoms with Crippen LogP contribution < -0.4 is 10.6 Å². The van der Waals surface area contributed by atoms with Crippen LogP contribution in [0.1, 0.15) is 31.2 Å². The molecule has 2 fully saturated rings. The van der Waals surface area contributed by atoms with Gasteiger partial charge in [0.05, 0.1) is 12.3 Å². The van der Waals surface area contributed by atoms with Gasteiger partial charge in [-0.2, -0.15) is 0 Å². The largest absolute Gasteiger partial charge is 0.449 e. The van der Waals surface area contributed by atoms with E-state index in [1.165, 1.54) is 12.8 Å². The Labute approximate surface area is 165 Å². The van der Waals surface area contributed by atoms with E-state index >= 15 is 0 Å². The normalized spacial score (nSPS) is 23.9. The summed E-state index contributed by atoms with van der Waals surface area (Å²) >= 11 is 6.13. The van der Waals surface area contributed by atoms with Crippen molar-refractivity contribution in [2.24, 2.45) is 5.92 Å². The fourth-order valence-corrected chi connectivity index (χ4v) is 4.51. The van der Waals surface area contributed by atoms with Crippen LogP contribution in [0.4, 0.5) is 10.5 Å². The predicted octanol–water partition coefficient (Wildman–Crippen LogP) is 5.39. The Kier molecular flexibility index (Phi) is 5.37. The number of piperidine rings is 1. The van der Waals surface area contributed by atoms with Gasteiger partial charge in [-0.1, -0.05) is 35.9 Å². The van der Waals surface area contributed by atoms with Gasteiger partial charge in [0.15, 0.2) is 0 Å². The highest BCUT2D eigenvalue weighted by Gasteiger charge is 2.33. The summed E-state index contributed by atoms with van der Waals surface area (Å²) in [4.78, 5) is 12.4.